The molecule has 0 saturated carbocycles. The Labute approximate surface area is 122 Å². The van der Waals surface area contributed by atoms with E-state index in [0.29, 0.717) is 25.2 Å². The molecule has 3 heterocycles. The number of hydrazine groups is 1. The van der Waals surface area contributed by atoms with Gasteiger partial charge in [0.05, 0.1) is 12.7 Å². The van der Waals surface area contributed by atoms with Crippen LogP contribution in [0.25, 0.3) is 0 Å². The third kappa shape index (κ3) is 1.98. The zero-order valence-corrected chi connectivity index (χ0v) is 11.4. The number of benzene rings is 1. The maximum Gasteiger partial charge on any atom is 0.175 e. The fourth-order valence-electron chi connectivity index (χ4n) is 3.63. The van der Waals surface area contributed by atoms with E-state index in [2.05, 4.69) is 21.5 Å². The number of hydrogen-bond donors (Lipinski definition) is 4. The lowest BCUT2D eigenvalue weighted by molar-refractivity contribution is -0.115. The van der Waals surface area contributed by atoms with Crippen LogP contribution in [0.5, 0.6) is 0 Å². The Hall–Kier alpha value is -1.76. The molecule has 3 aliphatic heterocycles. The molecule has 21 heavy (non-hydrogen) atoms. The van der Waals surface area contributed by atoms with Gasteiger partial charge in [-0.25, -0.2) is 9.82 Å². The fourth-order valence-corrected chi connectivity index (χ4v) is 3.63. The van der Waals surface area contributed by atoms with E-state index in [9.17, 15) is 9.18 Å². The Kier molecular flexibility index (Phi) is 3.02. The van der Waals surface area contributed by atoms with Crippen molar-refractivity contribution in [2.24, 2.45) is 5.92 Å². The number of carbonyl (C=O) groups excluding carboxylic acids is 1. The van der Waals surface area contributed by atoms with E-state index in [1.165, 1.54) is 6.07 Å². The number of Topliss-reactive ketones (excluding diaryl/α,β-unsaturated/α-hetero) is 1. The lowest BCUT2D eigenvalue weighted by Crippen LogP contribution is -2.54. The first-order valence-electron chi connectivity index (χ1n) is 7.22. The number of halogens is 1. The smallest absolute Gasteiger partial charge is 0.175 e. The number of carbonyl (C=O) groups is 1. The van der Waals surface area contributed by atoms with E-state index >= 15 is 0 Å². The van der Waals surface area contributed by atoms with Gasteiger partial charge in [-0.15, -0.1) is 0 Å². The average Bonchev–Trinajstić information content (AvgIpc) is 2.94. The second kappa shape index (κ2) is 4.91. The second-order valence-electron chi connectivity index (χ2n) is 5.73. The molecule has 1 saturated heterocycles. The van der Waals surface area contributed by atoms with E-state index < -0.39 is 0 Å². The highest BCUT2D eigenvalue weighted by atomic mass is 19.1. The average molecular weight is 288 g/mol. The number of hydrogen-bond acceptors (Lipinski definition) is 5. The molecule has 6 heteroatoms. The Bertz CT molecular complexity index is 630. The quantitative estimate of drug-likeness (QED) is 0.585. The molecule has 4 N–H and O–H groups in total. The van der Waals surface area contributed by atoms with Crippen molar-refractivity contribution in [3.63, 3.8) is 0 Å². The number of rotatable bonds is 1. The molecule has 0 bridgehead atoms. The van der Waals surface area contributed by atoms with Gasteiger partial charge in [0.25, 0.3) is 0 Å². The molecule has 1 aromatic rings. The zero-order chi connectivity index (χ0) is 14.4. The van der Waals surface area contributed by atoms with Gasteiger partial charge in [-0.2, -0.15) is 0 Å². The van der Waals surface area contributed by atoms with Crippen LogP contribution in [0.15, 0.2) is 35.5 Å². The first-order chi connectivity index (χ1) is 10.3. The van der Waals surface area contributed by atoms with E-state index in [0.717, 1.165) is 11.3 Å². The Morgan fingerprint density at radius 2 is 2.05 bits per heavy atom. The molecule has 0 radical (unpaired) electrons. The van der Waals surface area contributed by atoms with Crippen LogP contribution in [0.1, 0.15) is 11.5 Å². The topological polar surface area (TPSA) is 65.2 Å². The zero-order valence-electron chi connectivity index (χ0n) is 11.4. The van der Waals surface area contributed by atoms with Crippen molar-refractivity contribution in [1.82, 2.24) is 21.5 Å². The van der Waals surface area contributed by atoms with Crippen LogP contribution >= 0.6 is 0 Å². The van der Waals surface area contributed by atoms with Crippen molar-refractivity contribution in [3.8, 4) is 0 Å². The number of nitrogens with one attached hydrogen (secondary N) is 4. The predicted octanol–water partition coefficient (Wildman–Crippen LogP) is -0.0110. The fraction of sp³-hybridized carbons (Fsp3) is 0.400. The van der Waals surface area contributed by atoms with Gasteiger partial charge in [0, 0.05) is 36.2 Å². The third-order valence-electron chi connectivity index (χ3n) is 4.55. The summed E-state index contributed by atoms with van der Waals surface area (Å²) in [5.41, 5.74) is 8.52. The van der Waals surface area contributed by atoms with Crippen LogP contribution in [-0.4, -0.2) is 31.6 Å². The molecule has 0 aliphatic carbocycles. The first kappa shape index (κ1) is 12.9. The summed E-state index contributed by atoms with van der Waals surface area (Å²) in [6.07, 6.45) is 0.0149. The maximum atomic E-state index is 14.3. The summed E-state index contributed by atoms with van der Waals surface area (Å²) >= 11 is 0. The summed E-state index contributed by atoms with van der Waals surface area (Å²) < 4.78 is 14.3. The van der Waals surface area contributed by atoms with E-state index in [4.69, 9.17) is 0 Å². The van der Waals surface area contributed by atoms with Crippen molar-refractivity contribution < 1.29 is 9.18 Å². The number of fused-ring (bicyclic) bond motifs is 1. The minimum Gasteiger partial charge on any atom is -0.370 e. The predicted molar refractivity (Wildman–Crippen MR) is 75.6 cm³/mol. The molecule has 5 nitrogen and oxygen atoms in total. The lowest BCUT2D eigenvalue weighted by atomic mass is 9.73. The minimum absolute atomic E-state index is 0.0149. The van der Waals surface area contributed by atoms with E-state index in [-0.39, 0.29) is 29.6 Å². The van der Waals surface area contributed by atoms with Crippen molar-refractivity contribution in [2.45, 2.75) is 12.1 Å². The highest BCUT2D eigenvalue weighted by Gasteiger charge is 2.45. The molecule has 3 aliphatic rings. The highest BCUT2D eigenvalue weighted by molar-refractivity contribution is 6.00. The second-order valence-corrected chi connectivity index (χ2v) is 5.73. The van der Waals surface area contributed by atoms with Gasteiger partial charge < -0.3 is 10.6 Å². The standard InChI is InChI=1S/C15H17FN4O/c16-10-4-2-1-3-8(10)13-9-5-18-20-15(9)19-11-6-17-7-12(21)14(11)13/h1-4,9,13,15,17-20H,5-7H2. The summed E-state index contributed by atoms with van der Waals surface area (Å²) in [6.45, 7) is 1.65. The summed E-state index contributed by atoms with van der Waals surface area (Å²) in [5.74, 6) is -0.275. The van der Waals surface area contributed by atoms with Crippen molar-refractivity contribution in [3.05, 3.63) is 46.9 Å². The van der Waals surface area contributed by atoms with Crippen LogP contribution < -0.4 is 21.5 Å². The molecule has 0 amide bonds. The molecule has 1 aromatic carbocycles. The molecular weight excluding hydrogens is 271 g/mol. The Balaban J connectivity index is 1.87. The number of ketones is 1. The largest absolute Gasteiger partial charge is 0.370 e. The molecule has 0 spiro atoms. The van der Waals surface area contributed by atoms with Gasteiger partial charge in [0.15, 0.2) is 5.78 Å². The summed E-state index contributed by atoms with van der Waals surface area (Å²) in [7, 11) is 0. The van der Waals surface area contributed by atoms with Crippen LogP contribution in [0.2, 0.25) is 0 Å². The van der Waals surface area contributed by atoms with Crippen molar-refractivity contribution in [1.29, 1.82) is 0 Å². The van der Waals surface area contributed by atoms with E-state index in [1.807, 2.05) is 6.07 Å². The summed E-state index contributed by atoms with van der Waals surface area (Å²) in [6, 6.07) is 6.77. The molecule has 3 unspecified atom stereocenters. The Morgan fingerprint density at radius 1 is 1.19 bits per heavy atom. The minimum atomic E-state index is -0.242. The SMILES string of the molecule is O=C1CNCC2=C1C(c1ccccc1F)C1CNNC1N2. The van der Waals surface area contributed by atoms with Gasteiger partial charge in [0.2, 0.25) is 0 Å². The van der Waals surface area contributed by atoms with Crippen LogP contribution in [-0.2, 0) is 4.79 Å². The summed E-state index contributed by atoms with van der Waals surface area (Å²) in [5, 5.41) is 6.46. The van der Waals surface area contributed by atoms with Gasteiger partial charge in [0.1, 0.15) is 5.82 Å². The van der Waals surface area contributed by atoms with Crippen LogP contribution in [0, 0.1) is 11.7 Å². The van der Waals surface area contributed by atoms with Crippen molar-refractivity contribution >= 4 is 5.78 Å². The van der Waals surface area contributed by atoms with Crippen molar-refractivity contribution in [2.75, 3.05) is 19.6 Å². The van der Waals surface area contributed by atoms with Gasteiger partial charge >= 0.3 is 0 Å². The molecule has 0 aromatic heterocycles. The van der Waals surface area contributed by atoms with Crippen LogP contribution in [0.4, 0.5) is 4.39 Å². The third-order valence-corrected chi connectivity index (χ3v) is 4.55. The van der Waals surface area contributed by atoms with Crippen LogP contribution in [0.3, 0.4) is 0 Å². The van der Waals surface area contributed by atoms with Gasteiger partial charge in [-0.3, -0.25) is 10.2 Å². The normalized spacial score (nSPS) is 31.7. The summed E-state index contributed by atoms with van der Waals surface area (Å²) in [4.78, 5) is 12.4. The first-order valence-corrected chi connectivity index (χ1v) is 7.22. The van der Waals surface area contributed by atoms with E-state index in [1.54, 1.807) is 12.1 Å². The van der Waals surface area contributed by atoms with Gasteiger partial charge in [-0.05, 0) is 11.6 Å². The molecule has 4 rings (SSSR count). The lowest BCUT2D eigenvalue weighted by Gasteiger charge is -2.39. The molecule has 110 valence electrons. The molecule has 3 atom stereocenters. The molecule has 1 fully saturated rings. The maximum absolute atomic E-state index is 14.3. The van der Waals surface area contributed by atoms with Gasteiger partial charge in [-0.1, -0.05) is 18.2 Å². The monoisotopic (exact) mass is 288 g/mol. The highest BCUT2D eigenvalue weighted by Crippen LogP contribution is 2.41. The molecular formula is C15H17FN4O. The Morgan fingerprint density at radius 3 is 2.90 bits per heavy atom.